The molecule has 4 nitrogen and oxygen atoms in total. The van der Waals surface area contributed by atoms with Gasteiger partial charge in [-0.15, -0.1) is 0 Å². The summed E-state index contributed by atoms with van der Waals surface area (Å²) in [4.78, 5) is 12.8. The quantitative estimate of drug-likeness (QED) is 0.709. The lowest BCUT2D eigenvalue weighted by molar-refractivity contribution is 0.0788. The summed E-state index contributed by atoms with van der Waals surface area (Å²) >= 11 is 0. The third kappa shape index (κ3) is 4.34. The summed E-state index contributed by atoms with van der Waals surface area (Å²) in [5.74, 6) is 1.39. The largest absolute Gasteiger partial charge is 0.486 e. The fourth-order valence-electron chi connectivity index (χ4n) is 3.35. The summed E-state index contributed by atoms with van der Waals surface area (Å²) in [5, 5.41) is 2.99. The summed E-state index contributed by atoms with van der Waals surface area (Å²) < 4.78 is 11.6. The van der Waals surface area contributed by atoms with Crippen molar-refractivity contribution in [2.45, 2.75) is 18.9 Å². The van der Waals surface area contributed by atoms with E-state index in [-0.39, 0.29) is 12.0 Å². The van der Waals surface area contributed by atoms with Crippen molar-refractivity contribution in [2.75, 3.05) is 13.2 Å². The van der Waals surface area contributed by atoms with Gasteiger partial charge in [0.25, 0.3) is 5.91 Å². The van der Waals surface area contributed by atoms with Gasteiger partial charge in [0.2, 0.25) is 0 Å². The van der Waals surface area contributed by atoms with Gasteiger partial charge >= 0.3 is 0 Å². The molecule has 0 fully saturated rings. The van der Waals surface area contributed by atoms with E-state index < -0.39 is 0 Å². The maximum absolute atomic E-state index is 12.8. The van der Waals surface area contributed by atoms with E-state index in [1.165, 1.54) is 5.56 Å². The standard InChI is InChI=1S/C24H23NO3/c26-24(25-16-20-17-27-22-12-6-7-13-23(22)28-20)21-11-5-4-10-19(21)15-14-18-8-2-1-3-9-18/h1-13,20H,14-17H2,(H,25,26)/t20-/m0/s1. The smallest absolute Gasteiger partial charge is 0.251 e. The van der Waals surface area contributed by atoms with Crippen molar-refractivity contribution in [1.29, 1.82) is 0 Å². The van der Waals surface area contributed by atoms with Crippen LogP contribution in [0.3, 0.4) is 0 Å². The molecule has 0 aliphatic carbocycles. The molecule has 0 saturated carbocycles. The number of hydrogen-bond acceptors (Lipinski definition) is 3. The molecule has 1 aliphatic rings. The summed E-state index contributed by atoms with van der Waals surface area (Å²) in [6, 6.07) is 25.7. The van der Waals surface area contributed by atoms with Crippen LogP contribution >= 0.6 is 0 Å². The van der Waals surface area contributed by atoms with Gasteiger partial charge in [0.1, 0.15) is 12.7 Å². The number of carbonyl (C=O) groups excluding carboxylic acids is 1. The zero-order chi connectivity index (χ0) is 19.2. The lowest BCUT2D eigenvalue weighted by atomic mass is 9.99. The van der Waals surface area contributed by atoms with Gasteiger partial charge in [-0.2, -0.15) is 0 Å². The number of rotatable bonds is 6. The maximum atomic E-state index is 12.8. The Hall–Kier alpha value is -3.27. The molecule has 4 rings (SSSR count). The zero-order valence-electron chi connectivity index (χ0n) is 15.6. The second-order valence-corrected chi connectivity index (χ2v) is 6.85. The number of para-hydroxylation sites is 2. The molecule has 0 saturated heterocycles. The van der Waals surface area contributed by atoms with E-state index in [0.717, 1.165) is 35.5 Å². The Morgan fingerprint density at radius 2 is 1.57 bits per heavy atom. The molecular weight excluding hydrogens is 350 g/mol. The average molecular weight is 373 g/mol. The Morgan fingerprint density at radius 3 is 2.43 bits per heavy atom. The third-order valence-corrected chi connectivity index (χ3v) is 4.85. The van der Waals surface area contributed by atoms with Crippen LogP contribution in [0.2, 0.25) is 0 Å². The molecule has 1 heterocycles. The number of hydrogen-bond donors (Lipinski definition) is 1. The first-order chi connectivity index (χ1) is 13.8. The molecule has 3 aromatic carbocycles. The lowest BCUT2D eigenvalue weighted by Gasteiger charge is -2.26. The predicted octanol–water partition coefficient (Wildman–Crippen LogP) is 4.04. The topological polar surface area (TPSA) is 47.6 Å². The minimum absolute atomic E-state index is 0.0777. The van der Waals surface area contributed by atoms with E-state index in [1.807, 2.05) is 66.7 Å². The number of nitrogens with one attached hydrogen (secondary N) is 1. The highest BCUT2D eigenvalue weighted by molar-refractivity contribution is 5.95. The van der Waals surface area contributed by atoms with E-state index in [1.54, 1.807) is 0 Å². The first-order valence-corrected chi connectivity index (χ1v) is 9.58. The summed E-state index contributed by atoms with van der Waals surface area (Å²) in [6.07, 6.45) is 1.53. The highest BCUT2D eigenvalue weighted by Crippen LogP contribution is 2.30. The number of ether oxygens (including phenoxy) is 2. The maximum Gasteiger partial charge on any atom is 0.251 e. The normalized spacial score (nSPS) is 15.1. The molecule has 142 valence electrons. The van der Waals surface area contributed by atoms with E-state index in [2.05, 4.69) is 17.4 Å². The Kier molecular flexibility index (Phi) is 5.57. The van der Waals surface area contributed by atoms with Crippen LogP contribution in [-0.4, -0.2) is 25.2 Å². The molecule has 0 unspecified atom stereocenters. The first-order valence-electron chi connectivity index (χ1n) is 9.58. The zero-order valence-corrected chi connectivity index (χ0v) is 15.6. The molecule has 0 bridgehead atoms. The van der Waals surface area contributed by atoms with Crippen LogP contribution in [0, 0.1) is 0 Å². The van der Waals surface area contributed by atoms with Crippen molar-refractivity contribution in [3.05, 3.63) is 95.6 Å². The highest BCUT2D eigenvalue weighted by Gasteiger charge is 2.21. The number of benzene rings is 3. The van der Waals surface area contributed by atoms with Crippen molar-refractivity contribution in [1.82, 2.24) is 5.32 Å². The van der Waals surface area contributed by atoms with Crippen LogP contribution in [0.5, 0.6) is 11.5 Å². The van der Waals surface area contributed by atoms with E-state index >= 15 is 0 Å². The van der Waals surface area contributed by atoms with Gasteiger partial charge in [-0.25, -0.2) is 0 Å². The monoisotopic (exact) mass is 373 g/mol. The molecule has 3 aromatic rings. The number of fused-ring (bicyclic) bond motifs is 1. The van der Waals surface area contributed by atoms with Crippen LogP contribution in [0.25, 0.3) is 0 Å². The van der Waals surface area contributed by atoms with Gasteiger partial charge in [0.15, 0.2) is 11.5 Å². The molecule has 1 amide bonds. The Morgan fingerprint density at radius 1 is 0.857 bits per heavy atom. The van der Waals surface area contributed by atoms with Gasteiger partial charge < -0.3 is 14.8 Å². The SMILES string of the molecule is O=C(NC[C@H]1COc2ccccc2O1)c1ccccc1CCc1ccccc1. The summed E-state index contributed by atoms with van der Waals surface area (Å²) in [6.45, 7) is 0.827. The molecule has 0 aromatic heterocycles. The van der Waals surface area contributed by atoms with Crippen LogP contribution in [-0.2, 0) is 12.8 Å². The van der Waals surface area contributed by atoms with E-state index in [4.69, 9.17) is 9.47 Å². The molecule has 1 atom stereocenters. The molecule has 1 aliphatic heterocycles. The predicted molar refractivity (Wildman–Crippen MR) is 109 cm³/mol. The fraction of sp³-hybridized carbons (Fsp3) is 0.208. The number of amides is 1. The van der Waals surface area contributed by atoms with Gasteiger partial charge in [0, 0.05) is 5.56 Å². The number of carbonyl (C=O) groups is 1. The van der Waals surface area contributed by atoms with Crippen molar-refractivity contribution in [3.8, 4) is 11.5 Å². The average Bonchev–Trinajstić information content (AvgIpc) is 2.77. The molecule has 1 N–H and O–H groups in total. The molecular formula is C24H23NO3. The first kappa shape index (κ1) is 18.1. The number of aryl methyl sites for hydroxylation is 2. The summed E-state index contributed by atoms with van der Waals surface area (Å²) in [5.41, 5.74) is 3.04. The Labute approximate surface area is 165 Å². The van der Waals surface area contributed by atoms with Gasteiger partial charge in [0.05, 0.1) is 6.54 Å². The second-order valence-electron chi connectivity index (χ2n) is 6.85. The van der Waals surface area contributed by atoms with Crippen molar-refractivity contribution in [2.24, 2.45) is 0 Å². The highest BCUT2D eigenvalue weighted by atomic mass is 16.6. The second kappa shape index (κ2) is 8.61. The van der Waals surface area contributed by atoms with Crippen LogP contribution in [0.15, 0.2) is 78.9 Å². The van der Waals surface area contributed by atoms with Gasteiger partial charge in [-0.1, -0.05) is 60.7 Å². The van der Waals surface area contributed by atoms with Crippen LogP contribution < -0.4 is 14.8 Å². The molecule has 28 heavy (non-hydrogen) atoms. The van der Waals surface area contributed by atoms with Crippen molar-refractivity contribution >= 4 is 5.91 Å². The third-order valence-electron chi connectivity index (χ3n) is 4.85. The minimum atomic E-state index is -0.199. The van der Waals surface area contributed by atoms with Gasteiger partial charge in [-0.3, -0.25) is 4.79 Å². The Bertz CT molecular complexity index is 939. The Balaban J connectivity index is 1.36. The van der Waals surface area contributed by atoms with Crippen LogP contribution in [0.4, 0.5) is 0 Å². The fourth-order valence-corrected chi connectivity index (χ4v) is 3.35. The lowest BCUT2D eigenvalue weighted by Crippen LogP contribution is -2.40. The van der Waals surface area contributed by atoms with E-state index in [0.29, 0.717) is 13.2 Å². The molecule has 0 spiro atoms. The van der Waals surface area contributed by atoms with Gasteiger partial charge in [-0.05, 0) is 42.2 Å². The minimum Gasteiger partial charge on any atom is -0.486 e. The van der Waals surface area contributed by atoms with Crippen LogP contribution in [0.1, 0.15) is 21.5 Å². The van der Waals surface area contributed by atoms with Crippen molar-refractivity contribution in [3.63, 3.8) is 0 Å². The molecule has 4 heteroatoms. The van der Waals surface area contributed by atoms with E-state index in [9.17, 15) is 4.79 Å². The van der Waals surface area contributed by atoms with Crippen molar-refractivity contribution < 1.29 is 14.3 Å². The summed E-state index contributed by atoms with van der Waals surface area (Å²) in [7, 11) is 0. The molecule has 0 radical (unpaired) electrons.